The molecule has 1 aliphatic heterocycles. The monoisotopic (exact) mass is 413 g/mol. The first kappa shape index (κ1) is 19.1. The number of nitrogens with one attached hydrogen (secondary N) is 1. The molecule has 0 aromatic carbocycles. The molecule has 3 aromatic rings. The predicted octanol–water partition coefficient (Wildman–Crippen LogP) is 4.94. The lowest BCUT2D eigenvalue weighted by Crippen LogP contribution is -2.23. The first-order valence-electron chi connectivity index (χ1n) is 9.29. The van der Waals surface area contributed by atoms with Crippen molar-refractivity contribution in [1.82, 2.24) is 9.88 Å². The number of rotatable bonds is 4. The molecule has 1 N–H and O–H groups in total. The number of anilines is 1. The highest BCUT2D eigenvalue weighted by Crippen LogP contribution is 2.38. The Morgan fingerprint density at radius 1 is 1.43 bits per heavy atom. The Balaban J connectivity index is 1.45. The standard InChI is InChI=1S/C21H23N3O2S2/c1-13-12-27-21-19(13)14(2)17(28-21)11-24(3)18(25)7-6-15-9-16-5-4-8-26-23-20(16)22-10-15/h6-7,9-10,12H,4-5,8,11H2,1-3H3,(H,22,23)/b7-6+. The zero-order valence-corrected chi connectivity index (χ0v) is 17.9. The minimum atomic E-state index is -0.00993. The average Bonchev–Trinajstić information content (AvgIpc) is 3.09. The van der Waals surface area contributed by atoms with Gasteiger partial charge in [-0.05, 0) is 66.5 Å². The predicted molar refractivity (Wildman–Crippen MR) is 117 cm³/mol. The molecule has 0 atom stereocenters. The van der Waals surface area contributed by atoms with Crippen LogP contribution in [0.4, 0.5) is 5.82 Å². The molecule has 28 heavy (non-hydrogen) atoms. The van der Waals surface area contributed by atoms with Crippen molar-refractivity contribution < 1.29 is 9.63 Å². The molecular formula is C21H23N3O2S2. The van der Waals surface area contributed by atoms with Gasteiger partial charge < -0.3 is 4.90 Å². The Bertz CT molecular complexity index is 1050. The second kappa shape index (κ2) is 8.03. The summed E-state index contributed by atoms with van der Waals surface area (Å²) < 4.78 is 1.34. The molecule has 1 aliphatic rings. The number of hydrogen-bond acceptors (Lipinski definition) is 6. The number of amides is 1. The van der Waals surface area contributed by atoms with Gasteiger partial charge in [0, 0.05) is 29.6 Å². The van der Waals surface area contributed by atoms with E-state index in [2.05, 4.69) is 35.8 Å². The van der Waals surface area contributed by atoms with E-state index in [-0.39, 0.29) is 5.91 Å². The Labute approximate surface area is 172 Å². The van der Waals surface area contributed by atoms with Crippen molar-refractivity contribution >= 4 is 49.9 Å². The van der Waals surface area contributed by atoms with Gasteiger partial charge in [0.25, 0.3) is 0 Å². The number of thiophene rings is 2. The van der Waals surface area contributed by atoms with Gasteiger partial charge in [0.1, 0.15) is 0 Å². The van der Waals surface area contributed by atoms with E-state index in [0.29, 0.717) is 13.2 Å². The third-order valence-electron chi connectivity index (χ3n) is 4.97. The lowest BCUT2D eigenvalue weighted by molar-refractivity contribution is -0.125. The quantitative estimate of drug-likeness (QED) is 0.616. The summed E-state index contributed by atoms with van der Waals surface area (Å²) in [5.41, 5.74) is 7.53. The Kier molecular flexibility index (Phi) is 5.48. The number of pyridine rings is 1. The van der Waals surface area contributed by atoms with Crippen molar-refractivity contribution in [3.05, 3.63) is 50.9 Å². The Hall–Kier alpha value is -2.22. The lowest BCUT2D eigenvalue weighted by Gasteiger charge is -2.14. The Morgan fingerprint density at radius 3 is 3.11 bits per heavy atom. The molecule has 0 aliphatic carbocycles. The van der Waals surface area contributed by atoms with Crippen LogP contribution < -0.4 is 5.48 Å². The molecule has 7 heteroatoms. The van der Waals surface area contributed by atoms with E-state index in [0.717, 1.165) is 29.8 Å². The van der Waals surface area contributed by atoms with E-state index in [4.69, 9.17) is 4.84 Å². The van der Waals surface area contributed by atoms with E-state index in [1.165, 1.54) is 25.4 Å². The maximum absolute atomic E-state index is 12.6. The van der Waals surface area contributed by atoms with Gasteiger partial charge in [-0.25, -0.2) is 10.5 Å². The van der Waals surface area contributed by atoms with E-state index in [1.807, 2.05) is 13.1 Å². The minimum Gasteiger partial charge on any atom is -0.337 e. The van der Waals surface area contributed by atoms with Crippen LogP contribution in [0.25, 0.3) is 15.5 Å². The fraction of sp³-hybridized carbons (Fsp3) is 0.333. The summed E-state index contributed by atoms with van der Waals surface area (Å²) in [6.45, 7) is 5.60. The number of hydrogen-bond donors (Lipinski definition) is 1. The lowest BCUT2D eigenvalue weighted by atomic mass is 10.1. The van der Waals surface area contributed by atoms with Crippen LogP contribution in [0.15, 0.2) is 23.7 Å². The smallest absolute Gasteiger partial charge is 0.246 e. The van der Waals surface area contributed by atoms with E-state index >= 15 is 0 Å². The van der Waals surface area contributed by atoms with Crippen molar-refractivity contribution in [3.63, 3.8) is 0 Å². The summed E-state index contributed by atoms with van der Waals surface area (Å²) in [7, 11) is 1.85. The van der Waals surface area contributed by atoms with Gasteiger partial charge >= 0.3 is 0 Å². The number of aromatic nitrogens is 1. The van der Waals surface area contributed by atoms with Crippen LogP contribution in [-0.2, 0) is 22.6 Å². The van der Waals surface area contributed by atoms with Gasteiger partial charge in [-0.1, -0.05) is 0 Å². The third kappa shape index (κ3) is 3.83. The minimum absolute atomic E-state index is 0.00993. The summed E-state index contributed by atoms with van der Waals surface area (Å²) in [5.74, 6) is 0.755. The molecule has 0 saturated carbocycles. The Morgan fingerprint density at radius 2 is 2.29 bits per heavy atom. The van der Waals surface area contributed by atoms with Crippen molar-refractivity contribution in [2.75, 3.05) is 19.1 Å². The van der Waals surface area contributed by atoms with Crippen molar-refractivity contribution in [1.29, 1.82) is 0 Å². The van der Waals surface area contributed by atoms with Crippen molar-refractivity contribution in [3.8, 4) is 0 Å². The molecule has 5 nitrogen and oxygen atoms in total. The second-order valence-electron chi connectivity index (χ2n) is 7.09. The first-order chi connectivity index (χ1) is 13.5. The van der Waals surface area contributed by atoms with Gasteiger partial charge in [-0.3, -0.25) is 9.63 Å². The molecule has 0 fully saturated rings. The molecule has 0 unspecified atom stereocenters. The van der Waals surface area contributed by atoms with Crippen LogP contribution in [0.5, 0.6) is 0 Å². The summed E-state index contributed by atoms with van der Waals surface area (Å²) in [4.78, 5) is 25.3. The maximum Gasteiger partial charge on any atom is 0.246 e. The molecule has 4 heterocycles. The SMILES string of the molecule is Cc1csc2sc(CN(C)C(=O)/C=C/c3cnc4c(c3)CCCON4)c(C)c12. The fourth-order valence-corrected chi connectivity index (χ4v) is 5.99. The average molecular weight is 414 g/mol. The van der Waals surface area contributed by atoms with E-state index in [9.17, 15) is 4.79 Å². The number of fused-ring (bicyclic) bond motifs is 2. The van der Waals surface area contributed by atoms with Crippen LogP contribution in [0.2, 0.25) is 0 Å². The number of carbonyl (C=O) groups excluding carboxylic acids is 1. The summed E-state index contributed by atoms with van der Waals surface area (Å²) in [6.07, 6.45) is 7.08. The molecule has 1 amide bonds. The zero-order chi connectivity index (χ0) is 19.7. The number of likely N-dealkylation sites (N-methyl/N-ethyl adjacent to an activating group) is 1. The summed E-state index contributed by atoms with van der Waals surface area (Å²) in [5, 5.41) is 3.56. The zero-order valence-electron chi connectivity index (χ0n) is 16.2. The molecule has 4 rings (SSSR count). The molecule has 0 radical (unpaired) electrons. The van der Waals surface area contributed by atoms with E-state index in [1.54, 1.807) is 39.8 Å². The highest BCUT2D eigenvalue weighted by molar-refractivity contribution is 7.37. The summed E-state index contributed by atoms with van der Waals surface area (Å²) in [6, 6.07) is 2.06. The first-order valence-corrected chi connectivity index (χ1v) is 11.0. The van der Waals surface area contributed by atoms with Crippen LogP contribution in [0, 0.1) is 13.8 Å². The van der Waals surface area contributed by atoms with Gasteiger partial charge in [0.15, 0.2) is 5.82 Å². The van der Waals surface area contributed by atoms with E-state index < -0.39 is 0 Å². The van der Waals surface area contributed by atoms with Crippen LogP contribution in [0.1, 0.15) is 33.6 Å². The largest absolute Gasteiger partial charge is 0.337 e. The van der Waals surface area contributed by atoms with Gasteiger partial charge in [0.2, 0.25) is 5.91 Å². The number of nitrogens with zero attached hydrogens (tertiary/aromatic N) is 2. The van der Waals surface area contributed by atoms with Gasteiger partial charge in [-0.15, -0.1) is 22.7 Å². The van der Waals surface area contributed by atoms with Crippen molar-refractivity contribution in [2.24, 2.45) is 0 Å². The molecular weight excluding hydrogens is 390 g/mol. The van der Waals surface area contributed by atoms with Crippen LogP contribution >= 0.6 is 22.7 Å². The normalized spacial score (nSPS) is 14.1. The molecule has 146 valence electrons. The fourth-order valence-electron chi connectivity index (χ4n) is 3.37. The van der Waals surface area contributed by atoms with Gasteiger partial charge in [0.05, 0.1) is 17.2 Å². The molecule has 0 spiro atoms. The van der Waals surface area contributed by atoms with Crippen LogP contribution in [-0.4, -0.2) is 29.4 Å². The van der Waals surface area contributed by atoms with Crippen molar-refractivity contribution in [2.45, 2.75) is 33.2 Å². The maximum atomic E-state index is 12.6. The summed E-state index contributed by atoms with van der Waals surface area (Å²) >= 11 is 3.58. The molecule has 0 bridgehead atoms. The van der Waals surface area contributed by atoms with Crippen LogP contribution in [0.3, 0.4) is 0 Å². The molecule has 0 saturated heterocycles. The highest BCUT2D eigenvalue weighted by Gasteiger charge is 2.15. The molecule has 3 aromatic heterocycles. The number of carbonyl (C=O) groups is 1. The topological polar surface area (TPSA) is 54.5 Å². The second-order valence-corrected chi connectivity index (χ2v) is 9.33. The number of aryl methyl sites for hydroxylation is 3. The highest BCUT2D eigenvalue weighted by atomic mass is 32.2. The third-order valence-corrected chi connectivity index (χ3v) is 7.47. The van der Waals surface area contributed by atoms with Gasteiger partial charge in [-0.2, -0.15) is 0 Å².